The van der Waals surface area contributed by atoms with Gasteiger partial charge < -0.3 is 9.47 Å². The summed E-state index contributed by atoms with van der Waals surface area (Å²) in [6, 6.07) is 5.20. The molecular formula is C16H21NO6S. The van der Waals surface area contributed by atoms with E-state index in [9.17, 15) is 18.0 Å². The monoisotopic (exact) mass is 355 g/mol. The number of carbonyl (C=O) groups excluding carboxylic acids is 2. The van der Waals surface area contributed by atoms with E-state index in [4.69, 9.17) is 4.74 Å². The van der Waals surface area contributed by atoms with Crippen molar-refractivity contribution in [3.63, 3.8) is 0 Å². The number of hydrogen-bond acceptors (Lipinski definition) is 6. The van der Waals surface area contributed by atoms with E-state index >= 15 is 0 Å². The Labute approximate surface area is 141 Å². The minimum absolute atomic E-state index is 0.0238. The molecule has 24 heavy (non-hydrogen) atoms. The standard InChI is InChI=1S/C16H21NO6S/c1-10(2)15-13(9-14(18)22-4)17(16(19)23-15)24(20,21)12-7-5-11(3)6-8-12/h5-8,10,13,15H,9H2,1-4H3/t13-,15-/m0/s1. The zero-order valence-electron chi connectivity index (χ0n) is 14.1. The summed E-state index contributed by atoms with van der Waals surface area (Å²) in [4.78, 5) is 23.9. The second kappa shape index (κ2) is 6.80. The minimum atomic E-state index is -4.12. The molecule has 1 aromatic rings. The maximum absolute atomic E-state index is 12.9. The molecule has 2 rings (SSSR count). The van der Waals surface area contributed by atoms with Crippen molar-refractivity contribution in [3.8, 4) is 0 Å². The quantitative estimate of drug-likeness (QED) is 0.751. The van der Waals surface area contributed by atoms with E-state index in [1.165, 1.54) is 19.2 Å². The van der Waals surface area contributed by atoms with Gasteiger partial charge in [0.05, 0.1) is 24.5 Å². The average molecular weight is 355 g/mol. The van der Waals surface area contributed by atoms with Crippen LogP contribution in [0.1, 0.15) is 25.8 Å². The Balaban J connectivity index is 2.45. The summed E-state index contributed by atoms with van der Waals surface area (Å²) in [5.41, 5.74) is 0.893. The molecule has 2 atom stereocenters. The van der Waals surface area contributed by atoms with Gasteiger partial charge in [-0.2, -0.15) is 4.31 Å². The molecule has 0 saturated carbocycles. The highest BCUT2D eigenvalue weighted by molar-refractivity contribution is 7.89. The van der Waals surface area contributed by atoms with Crippen molar-refractivity contribution in [3.05, 3.63) is 29.8 Å². The molecule has 7 nitrogen and oxygen atoms in total. The lowest BCUT2D eigenvalue weighted by atomic mass is 9.98. The van der Waals surface area contributed by atoms with Crippen molar-refractivity contribution < 1.29 is 27.5 Å². The van der Waals surface area contributed by atoms with Crippen molar-refractivity contribution in [2.45, 2.75) is 44.2 Å². The molecule has 1 heterocycles. The Morgan fingerprint density at radius 2 is 1.88 bits per heavy atom. The average Bonchev–Trinajstić information content (AvgIpc) is 2.84. The summed E-state index contributed by atoms with van der Waals surface area (Å²) in [6.45, 7) is 5.42. The van der Waals surface area contributed by atoms with Crippen LogP contribution in [0.15, 0.2) is 29.2 Å². The number of nitrogens with zero attached hydrogens (tertiary/aromatic N) is 1. The number of esters is 1. The molecule has 132 valence electrons. The normalized spacial score (nSPS) is 21.0. The van der Waals surface area contributed by atoms with Gasteiger partial charge in [-0.3, -0.25) is 4.79 Å². The zero-order chi connectivity index (χ0) is 18.1. The van der Waals surface area contributed by atoms with Crippen molar-refractivity contribution in [1.29, 1.82) is 0 Å². The maximum Gasteiger partial charge on any atom is 0.424 e. The number of hydrogen-bond donors (Lipinski definition) is 0. The predicted molar refractivity (Wildman–Crippen MR) is 85.7 cm³/mol. The maximum atomic E-state index is 12.9. The van der Waals surface area contributed by atoms with Crippen molar-refractivity contribution in [1.82, 2.24) is 4.31 Å². The summed E-state index contributed by atoms with van der Waals surface area (Å²) in [6.07, 6.45) is -1.93. The number of ether oxygens (including phenoxy) is 2. The summed E-state index contributed by atoms with van der Waals surface area (Å²) in [5.74, 6) is -0.755. The Bertz CT molecular complexity index is 725. The van der Waals surface area contributed by atoms with E-state index in [1.54, 1.807) is 26.0 Å². The van der Waals surface area contributed by atoms with Crippen molar-refractivity contribution in [2.75, 3.05) is 7.11 Å². The van der Waals surface area contributed by atoms with Crippen LogP contribution >= 0.6 is 0 Å². The van der Waals surface area contributed by atoms with Gasteiger partial charge in [0.1, 0.15) is 6.10 Å². The summed E-state index contributed by atoms with van der Waals surface area (Å²) < 4.78 is 36.3. The van der Waals surface area contributed by atoms with E-state index in [-0.39, 0.29) is 17.2 Å². The van der Waals surface area contributed by atoms with Crippen LogP contribution in [0.2, 0.25) is 0 Å². The molecule has 1 fully saturated rings. The second-order valence-corrected chi connectivity index (χ2v) is 7.87. The largest absolute Gasteiger partial charge is 0.469 e. The molecule has 0 spiro atoms. The number of rotatable bonds is 5. The molecule has 1 amide bonds. The van der Waals surface area contributed by atoms with Crippen LogP contribution < -0.4 is 0 Å². The number of amides is 1. The topological polar surface area (TPSA) is 90.0 Å². The van der Waals surface area contributed by atoms with Gasteiger partial charge >= 0.3 is 12.1 Å². The van der Waals surface area contributed by atoms with E-state index < -0.39 is 34.2 Å². The van der Waals surface area contributed by atoms with E-state index in [0.29, 0.717) is 4.31 Å². The van der Waals surface area contributed by atoms with Gasteiger partial charge in [0.2, 0.25) is 0 Å². The van der Waals surface area contributed by atoms with Crippen molar-refractivity contribution in [2.24, 2.45) is 5.92 Å². The fraction of sp³-hybridized carbons (Fsp3) is 0.500. The fourth-order valence-electron chi connectivity index (χ4n) is 2.65. The summed E-state index contributed by atoms with van der Waals surface area (Å²) in [7, 11) is -2.91. The van der Waals surface area contributed by atoms with E-state index in [0.717, 1.165) is 5.56 Å². The van der Waals surface area contributed by atoms with Crippen LogP contribution in [0, 0.1) is 12.8 Å². The zero-order valence-corrected chi connectivity index (χ0v) is 14.9. The van der Waals surface area contributed by atoms with Crippen LogP contribution in [0.25, 0.3) is 0 Å². The summed E-state index contributed by atoms with van der Waals surface area (Å²) in [5, 5.41) is 0. The fourth-order valence-corrected chi connectivity index (χ4v) is 4.15. The molecule has 0 unspecified atom stereocenters. The van der Waals surface area contributed by atoms with Crippen molar-refractivity contribution >= 4 is 22.1 Å². The predicted octanol–water partition coefficient (Wildman–Crippen LogP) is 2.09. The first kappa shape index (κ1) is 18.3. The van der Waals surface area contributed by atoms with Gasteiger partial charge in [0.15, 0.2) is 0 Å². The van der Waals surface area contributed by atoms with Gasteiger partial charge in [-0.25, -0.2) is 13.2 Å². The highest BCUT2D eigenvalue weighted by Gasteiger charge is 2.50. The SMILES string of the molecule is COC(=O)C[C@H]1[C@H](C(C)C)OC(=O)N1S(=O)(=O)c1ccc(C)cc1. The van der Waals surface area contributed by atoms with Gasteiger partial charge in [-0.1, -0.05) is 31.5 Å². The third-order valence-electron chi connectivity index (χ3n) is 3.94. The number of aryl methyl sites for hydroxylation is 1. The molecule has 0 N–H and O–H groups in total. The highest BCUT2D eigenvalue weighted by atomic mass is 32.2. The first-order valence-electron chi connectivity index (χ1n) is 7.57. The van der Waals surface area contributed by atoms with Crippen LogP contribution in [-0.2, 0) is 24.3 Å². The van der Waals surface area contributed by atoms with Crippen LogP contribution in [0.4, 0.5) is 4.79 Å². The lowest BCUT2D eigenvalue weighted by Gasteiger charge is -2.25. The Morgan fingerprint density at radius 1 is 1.29 bits per heavy atom. The molecule has 1 aromatic carbocycles. The molecule has 1 aliphatic rings. The molecule has 8 heteroatoms. The summed E-state index contributed by atoms with van der Waals surface area (Å²) >= 11 is 0. The molecule has 0 aliphatic carbocycles. The first-order chi connectivity index (χ1) is 11.2. The van der Waals surface area contributed by atoms with Crippen LogP contribution in [-0.4, -0.2) is 44.0 Å². The molecular weight excluding hydrogens is 334 g/mol. The van der Waals surface area contributed by atoms with Gasteiger partial charge in [0.25, 0.3) is 10.0 Å². The third-order valence-corrected chi connectivity index (χ3v) is 5.74. The lowest BCUT2D eigenvalue weighted by molar-refractivity contribution is -0.141. The number of sulfonamides is 1. The molecule has 1 saturated heterocycles. The second-order valence-electron chi connectivity index (χ2n) is 6.05. The first-order valence-corrected chi connectivity index (χ1v) is 9.01. The Morgan fingerprint density at radius 3 is 2.38 bits per heavy atom. The lowest BCUT2D eigenvalue weighted by Crippen LogP contribution is -2.43. The van der Waals surface area contributed by atoms with Crippen LogP contribution in [0.3, 0.4) is 0 Å². The Kier molecular flexibility index (Phi) is 5.17. The number of cyclic esters (lactones) is 1. The van der Waals surface area contributed by atoms with E-state index in [2.05, 4.69) is 4.74 Å². The van der Waals surface area contributed by atoms with Gasteiger partial charge in [0, 0.05) is 0 Å². The molecule has 0 radical (unpaired) electrons. The number of benzene rings is 1. The minimum Gasteiger partial charge on any atom is -0.469 e. The van der Waals surface area contributed by atoms with E-state index in [1.807, 2.05) is 6.92 Å². The van der Waals surface area contributed by atoms with Gasteiger partial charge in [-0.05, 0) is 25.0 Å². The molecule has 1 aliphatic heterocycles. The third kappa shape index (κ3) is 3.38. The molecule has 0 bridgehead atoms. The highest BCUT2D eigenvalue weighted by Crippen LogP contribution is 2.32. The Hall–Kier alpha value is -2.09. The van der Waals surface area contributed by atoms with Gasteiger partial charge in [-0.15, -0.1) is 0 Å². The van der Waals surface area contributed by atoms with Crippen LogP contribution in [0.5, 0.6) is 0 Å². The number of carbonyl (C=O) groups is 2. The smallest absolute Gasteiger partial charge is 0.424 e. The molecule has 0 aromatic heterocycles. The number of methoxy groups -OCH3 is 1.